The van der Waals surface area contributed by atoms with E-state index in [-0.39, 0.29) is 6.42 Å². The number of nitrogens with two attached hydrogens (primary N) is 1. The van der Waals surface area contributed by atoms with Crippen molar-refractivity contribution in [2.45, 2.75) is 12.8 Å². The number of aliphatic carboxylic acids is 1. The van der Waals surface area contributed by atoms with E-state index in [2.05, 4.69) is 15.3 Å². The molecule has 0 radical (unpaired) electrons. The summed E-state index contributed by atoms with van der Waals surface area (Å²) in [7, 11) is 0. The van der Waals surface area contributed by atoms with E-state index in [0.717, 1.165) is 5.52 Å². The molecule has 0 aliphatic carbocycles. The molecule has 2 heterocycles. The van der Waals surface area contributed by atoms with Crippen molar-refractivity contribution in [1.29, 1.82) is 0 Å². The smallest absolute Gasteiger partial charge is 0.303 e. The molecule has 6 nitrogen and oxygen atoms in total. The molecular weight excluding hydrogens is 232 g/mol. The van der Waals surface area contributed by atoms with Crippen molar-refractivity contribution >= 4 is 28.4 Å². The molecule has 0 amide bonds. The van der Waals surface area contributed by atoms with Gasteiger partial charge in [-0.1, -0.05) is 0 Å². The molecule has 4 N–H and O–H groups in total. The molecule has 2 rings (SSSR count). The second-order valence-electron chi connectivity index (χ2n) is 3.88. The highest BCUT2D eigenvalue weighted by Gasteiger charge is 2.07. The Kier molecular flexibility index (Phi) is 3.57. The lowest BCUT2D eigenvalue weighted by Gasteiger charge is -2.10. The van der Waals surface area contributed by atoms with E-state index in [9.17, 15) is 4.79 Å². The second-order valence-corrected chi connectivity index (χ2v) is 3.88. The number of hydrogen-bond acceptors (Lipinski definition) is 5. The molecule has 6 heteroatoms. The van der Waals surface area contributed by atoms with Crippen molar-refractivity contribution in [3.05, 3.63) is 24.5 Å². The van der Waals surface area contributed by atoms with Crippen LogP contribution in [0.2, 0.25) is 0 Å². The van der Waals surface area contributed by atoms with Crippen molar-refractivity contribution in [3.63, 3.8) is 0 Å². The highest BCUT2D eigenvalue weighted by Crippen LogP contribution is 2.25. The topological polar surface area (TPSA) is 101 Å². The number of aromatic nitrogens is 2. The van der Waals surface area contributed by atoms with Gasteiger partial charge in [-0.2, -0.15) is 0 Å². The number of carboxylic acid groups (broad SMARTS) is 1. The lowest BCUT2D eigenvalue weighted by atomic mass is 10.2. The zero-order valence-corrected chi connectivity index (χ0v) is 9.76. The summed E-state index contributed by atoms with van der Waals surface area (Å²) in [6.07, 6.45) is 3.91. The highest BCUT2D eigenvalue weighted by molar-refractivity contribution is 5.93. The highest BCUT2D eigenvalue weighted by atomic mass is 16.4. The molecule has 0 saturated carbocycles. The molecule has 0 atom stereocenters. The van der Waals surface area contributed by atoms with Gasteiger partial charge in [-0.15, -0.1) is 0 Å². The Balaban J connectivity index is 2.16. The lowest BCUT2D eigenvalue weighted by molar-refractivity contribution is -0.137. The Morgan fingerprint density at radius 3 is 3.06 bits per heavy atom. The average molecular weight is 246 g/mol. The molecule has 0 aliphatic heterocycles. The Morgan fingerprint density at radius 2 is 2.28 bits per heavy atom. The van der Waals surface area contributed by atoms with E-state index in [1.54, 1.807) is 18.5 Å². The Labute approximate surface area is 104 Å². The van der Waals surface area contributed by atoms with Gasteiger partial charge in [-0.3, -0.25) is 14.8 Å². The number of anilines is 2. The zero-order chi connectivity index (χ0) is 13.0. The molecule has 0 aromatic carbocycles. The van der Waals surface area contributed by atoms with E-state index in [1.165, 1.54) is 0 Å². The maximum absolute atomic E-state index is 10.4. The normalized spacial score (nSPS) is 10.4. The molecular formula is C12H14N4O2. The molecule has 2 aromatic heterocycles. The molecule has 2 aromatic rings. The van der Waals surface area contributed by atoms with E-state index >= 15 is 0 Å². The number of nitrogens with zero attached hydrogens (tertiary/aromatic N) is 2. The third-order valence-electron chi connectivity index (χ3n) is 2.52. The molecule has 18 heavy (non-hydrogen) atoms. The minimum atomic E-state index is -0.803. The summed E-state index contributed by atoms with van der Waals surface area (Å²) in [6, 6.07) is 3.66. The molecule has 0 fully saturated rings. The molecule has 0 saturated heterocycles. The number of carboxylic acids is 1. The van der Waals surface area contributed by atoms with Crippen LogP contribution in [0.25, 0.3) is 11.0 Å². The van der Waals surface area contributed by atoms with Gasteiger partial charge in [-0.05, 0) is 18.6 Å². The summed E-state index contributed by atoms with van der Waals surface area (Å²) in [5.41, 5.74) is 8.53. The van der Waals surface area contributed by atoms with Crippen molar-refractivity contribution in [2.24, 2.45) is 0 Å². The molecule has 0 spiro atoms. The van der Waals surface area contributed by atoms with Crippen molar-refractivity contribution in [3.8, 4) is 0 Å². The summed E-state index contributed by atoms with van der Waals surface area (Å²) in [5, 5.41) is 11.7. The van der Waals surface area contributed by atoms with Gasteiger partial charge in [0.2, 0.25) is 0 Å². The summed E-state index contributed by atoms with van der Waals surface area (Å²) in [5.74, 6) is -0.803. The van der Waals surface area contributed by atoms with Crippen LogP contribution in [-0.2, 0) is 4.79 Å². The van der Waals surface area contributed by atoms with Gasteiger partial charge < -0.3 is 16.2 Å². The van der Waals surface area contributed by atoms with E-state index in [1.807, 2.05) is 6.07 Å². The van der Waals surface area contributed by atoms with Gasteiger partial charge in [-0.25, -0.2) is 0 Å². The predicted octanol–water partition coefficient (Wildman–Crippen LogP) is 1.49. The predicted molar refractivity (Wildman–Crippen MR) is 69.3 cm³/mol. The first-order chi connectivity index (χ1) is 8.68. The fraction of sp³-hybridized carbons (Fsp3) is 0.250. The van der Waals surface area contributed by atoms with Crippen LogP contribution in [-0.4, -0.2) is 27.6 Å². The minimum absolute atomic E-state index is 0.128. The Morgan fingerprint density at radius 1 is 1.44 bits per heavy atom. The standard InChI is InChI=1S/C12H14N4O2/c13-8-7-16-9-3-1-5-15-12(9)11(8)14-6-2-4-10(17)18/h1,3,5,7H,2,4,6,13H2,(H,14,16)(H,17,18). The van der Waals surface area contributed by atoms with Gasteiger partial charge in [0.25, 0.3) is 0 Å². The lowest BCUT2D eigenvalue weighted by Crippen LogP contribution is -2.08. The first kappa shape index (κ1) is 12.1. The van der Waals surface area contributed by atoms with E-state index in [0.29, 0.717) is 29.9 Å². The number of pyridine rings is 2. The number of nitrogens with one attached hydrogen (secondary N) is 1. The Hall–Kier alpha value is -2.37. The average Bonchev–Trinajstić information content (AvgIpc) is 2.36. The van der Waals surface area contributed by atoms with Crippen LogP contribution >= 0.6 is 0 Å². The van der Waals surface area contributed by atoms with Gasteiger partial charge in [0.15, 0.2) is 0 Å². The maximum atomic E-state index is 10.4. The number of hydrogen-bond donors (Lipinski definition) is 3. The number of nitrogen functional groups attached to an aromatic ring is 1. The van der Waals surface area contributed by atoms with Gasteiger partial charge in [0.05, 0.1) is 23.1 Å². The van der Waals surface area contributed by atoms with Crippen LogP contribution in [0.4, 0.5) is 11.4 Å². The minimum Gasteiger partial charge on any atom is -0.481 e. The zero-order valence-electron chi connectivity index (χ0n) is 9.76. The van der Waals surface area contributed by atoms with Crippen LogP contribution in [0.15, 0.2) is 24.5 Å². The van der Waals surface area contributed by atoms with Crippen molar-refractivity contribution in [1.82, 2.24) is 9.97 Å². The van der Waals surface area contributed by atoms with Crippen LogP contribution in [0.3, 0.4) is 0 Å². The van der Waals surface area contributed by atoms with E-state index < -0.39 is 5.97 Å². The number of rotatable bonds is 5. The number of carbonyl (C=O) groups is 1. The SMILES string of the molecule is Nc1cnc2cccnc2c1NCCCC(=O)O. The van der Waals surface area contributed by atoms with Crippen LogP contribution in [0.5, 0.6) is 0 Å². The summed E-state index contributed by atoms with van der Waals surface area (Å²) in [4.78, 5) is 18.8. The van der Waals surface area contributed by atoms with Crippen molar-refractivity contribution < 1.29 is 9.90 Å². The second kappa shape index (κ2) is 5.31. The van der Waals surface area contributed by atoms with Crippen LogP contribution in [0.1, 0.15) is 12.8 Å². The van der Waals surface area contributed by atoms with Crippen molar-refractivity contribution in [2.75, 3.05) is 17.6 Å². The van der Waals surface area contributed by atoms with Gasteiger partial charge >= 0.3 is 5.97 Å². The molecule has 0 aliphatic rings. The first-order valence-corrected chi connectivity index (χ1v) is 5.63. The number of fused-ring (bicyclic) bond motifs is 1. The molecule has 0 bridgehead atoms. The fourth-order valence-corrected chi connectivity index (χ4v) is 1.67. The fourth-order valence-electron chi connectivity index (χ4n) is 1.67. The quantitative estimate of drug-likeness (QED) is 0.691. The maximum Gasteiger partial charge on any atom is 0.303 e. The monoisotopic (exact) mass is 246 g/mol. The molecule has 0 unspecified atom stereocenters. The summed E-state index contributed by atoms with van der Waals surface area (Å²) >= 11 is 0. The van der Waals surface area contributed by atoms with Crippen LogP contribution < -0.4 is 11.1 Å². The van der Waals surface area contributed by atoms with Gasteiger partial charge in [0, 0.05) is 19.2 Å². The molecule has 94 valence electrons. The largest absolute Gasteiger partial charge is 0.481 e. The first-order valence-electron chi connectivity index (χ1n) is 5.63. The Bertz CT molecular complexity index is 571. The summed E-state index contributed by atoms with van der Waals surface area (Å²) < 4.78 is 0. The summed E-state index contributed by atoms with van der Waals surface area (Å²) in [6.45, 7) is 0.534. The third kappa shape index (κ3) is 2.65. The van der Waals surface area contributed by atoms with E-state index in [4.69, 9.17) is 10.8 Å². The van der Waals surface area contributed by atoms with Crippen LogP contribution in [0, 0.1) is 0 Å². The third-order valence-corrected chi connectivity index (χ3v) is 2.52. The van der Waals surface area contributed by atoms with Gasteiger partial charge in [0.1, 0.15) is 5.52 Å².